The Morgan fingerprint density at radius 1 is 0.933 bits per heavy atom. The minimum atomic E-state index is -0.480. The molecule has 0 fully saturated rings. The molecule has 0 aliphatic carbocycles. The average Bonchev–Trinajstić information content (AvgIpc) is 3.24. The van der Waals surface area contributed by atoms with Gasteiger partial charge in [-0.25, -0.2) is 0 Å². The third-order valence-electron chi connectivity index (χ3n) is 4.21. The highest BCUT2D eigenvalue weighted by atomic mass is 35.5. The number of rotatable bonds is 7. The first kappa shape index (κ1) is 21.1. The number of carbonyl (C=O) groups excluding carboxylic acids is 3. The summed E-state index contributed by atoms with van der Waals surface area (Å²) < 4.78 is 5.04. The van der Waals surface area contributed by atoms with Crippen molar-refractivity contribution in [3.8, 4) is 0 Å². The molecule has 7 nitrogen and oxygen atoms in total. The van der Waals surface area contributed by atoms with E-state index in [1.54, 1.807) is 60.7 Å². The molecule has 30 heavy (non-hydrogen) atoms. The monoisotopic (exact) mass is 425 g/mol. The van der Waals surface area contributed by atoms with Crippen LogP contribution in [0.5, 0.6) is 0 Å². The summed E-state index contributed by atoms with van der Waals surface area (Å²) in [6.07, 6.45) is 1.48. The Morgan fingerprint density at radius 3 is 2.13 bits per heavy atom. The van der Waals surface area contributed by atoms with Gasteiger partial charge in [-0.15, -0.1) is 0 Å². The molecule has 0 radical (unpaired) electrons. The van der Waals surface area contributed by atoms with Crippen LogP contribution in [-0.2, 0) is 9.59 Å². The second-order valence-corrected chi connectivity index (χ2v) is 7.00. The zero-order chi connectivity index (χ0) is 21.5. The summed E-state index contributed by atoms with van der Waals surface area (Å²) in [6, 6.07) is 16.4. The van der Waals surface area contributed by atoms with Crippen LogP contribution in [0.2, 0.25) is 5.02 Å². The van der Waals surface area contributed by atoms with E-state index in [1.165, 1.54) is 13.2 Å². The molecule has 0 saturated carbocycles. The van der Waals surface area contributed by atoms with Crippen LogP contribution < -0.4 is 16.0 Å². The maximum atomic E-state index is 12.5. The number of furan rings is 1. The third kappa shape index (κ3) is 5.96. The van der Waals surface area contributed by atoms with Crippen LogP contribution in [0.3, 0.4) is 0 Å². The highest BCUT2D eigenvalue weighted by molar-refractivity contribution is 6.30. The normalized spacial score (nSPS) is 11.4. The largest absolute Gasteiger partial charge is 0.459 e. The molecule has 1 aromatic heterocycles. The predicted molar refractivity (Wildman–Crippen MR) is 114 cm³/mol. The standard InChI is InChI=1S/C22H20ClN3O4/c1-14(27)24-19(15-4-6-16(23)7-5-15)13-21(28)25-17-8-10-18(11-9-17)26-22(29)20-3-2-12-30-20/h2-12,19H,13H2,1H3,(H,24,27)(H,25,28)(H,26,29). The number of nitrogens with one attached hydrogen (secondary N) is 3. The van der Waals surface area contributed by atoms with E-state index in [4.69, 9.17) is 16.0 Å². The Hall–Kier alpha value is -3.58. The lowest BCUT2D eigenvalue weighted by Crippen LogP contribution is -2.29. The van der Waals surface area contributed by atoms with Crippen molar-refractivity contribution in [2.45, 2.75) is 19.4 Å². The molecule has 8 heteroatoms. The van der Waals surface area contributed by atoms with Gasteiger partial charge < -0.3 is 20.4 Å². The zero-order valence-corrected chi connectivity index (χ0v) is 16.9. The van der Waals surface area contributed by atoms with Crippen molar-refractivity contribution in [1.29, 1.82) is 0 Å². The first-order valence-electron chi connectivity index (χ1n) is 9.18. The van der Waals surface area contributed by atoms with Crippen LogP contribution >= 0.6 is 11.6 Å². The molecule has 154 valence electrons. The van der Waals surface area contributed by atoms with Crippen molar-refractivity contribution >= 4 is 40.7 Å². The summed E-state index contributed by atoms with van der Waals surface area (Å²) in [5.41, 5.74) is 1.90. The molecule has 3 aromatic rings. The maximum Gasteiger partial charge on any atom is 0.291 e. The predicted octanol–water partition coefficient (Wildman–Crippen LogP) is 4.39. The molecule has 1 heterocycles. The Bertz CT molecular complexity index is 1020. The Labute approximate surface area is 178 Å². The number of anilines is 2. The number of hydrogen-bond donors (Lipinski definition) is 3. The third-order valence-corrected chi connectivity index (χ3v) is 4.46. The van der Waals surface area contributed by atoms with Crippen molar-refractivity contribution in [2.24, 2.45) is 0 Å². The van der Waals surface area contributed by atoms with Crippen molar-refractivity contribution in [3.63, 3.8) is 0 Å². The first-order chi connectivity index (χ1) is 14.4. The number of benzene rings is 2. The van der Waals surface area contributed by atoms with E-state index in [2.05, 4.69) is 16.0 Å². The van der Waals surface area contributed by atoms with Gasteiger partial charge in [-0.05, 0) is 54.1 Å². The summed E-state index contributed by atoms with van der Waals surface area (Å²) >= 11 is 5.91. The lowest BCUT2D eigenvalue weighted by molar-refractivity contribution is -0.120. The molecule has 0 aliphatic rings. The van der Waals surface area contributed by atoms with E-state index in [9.17, 15) is 14.4 Å². The van der Waals surface area contributed by atoms with Gasteiger partial charge in [0.25, 0.3) is 5.91 Å². The molecule has 2 aromatic carbocycles. The van der Waals surface area contributed by atoms with E-state index in [0.717, 1.165) is 5.56 Å². The summed E-state index contributed by atoms with van der Waals surface area (Å²) in [4.78, 5) is 36.0. The van der Waals surface area contributed by atoms with Crippen LogP contribution in [0.25, 0.3) is 0 Å². The van der Waals surface area contributed by atoms with E-state index in [0.29, 0.717) is 16.4 Å². The molecule has 0 aliphatic heterocycles. The summed E-state index contributed by atoms with van der Waals surface area (Å²) in [5.74, 6) is -0.660. The van der Waals surface area contributed by atoms with E-state index < -0.39 is 6.04 Å². The minimum Gasteiger partial charge on any atom is -0.459 e. The summed E-state index contributed by atoms with van der Waals surface area (Å²) in [5, 5.41) is 8.84. The van der Waals surface area contributed by atoms with Crippen LogP contribution in [0, 0.1) is 0 Å². The van der Waals surface area contributed by atoms with Crippen molar-refractivity contribution < 1.29 is 18.8 Å². The zero-order valence-electron chi connectivity index (χ0n) is 16.1. The van der Waals surface area contributed by atoms with Gasteiger partial charge in [0.05, 0.1) is 18.7 Å². The van der Waals surface area contributed by atoms with E-state index in [1.807, 2.05) is 0 Å². The second-order valence-electron chi connectivity index (χ2n) is 6.57. The van der Waals surface area contributed by atoms with Gasteiger partial charge in [0.15, 0.2) is 5.76 Å². The van der Waals surface area contributed by atoms with Crippen molar-refractivity contribution in [2.75, 3.05) is 10.6 Å². The lowest BCUT2D eigenvalue weighted by Gasteiger charge is -2.18. The number of halogens is 1. The molecule has 0 spiro atoms. The number of hydrogen-bond acceptors (Lipinski definition) is 4. The van der Waals surface area contributed by atoms with E-state index >= 15 is 0 Å². The van der Waals surface area contributed by atoms with Crippen molar-refractivity contribution in [3.05, 3.63) is 83.3 Å². The smallest absolute Gasteiger partial charge is 0.291 e. The van der Waals surface area contributed by atoms with Gasteiger partial charge in [-0.2, -0.15) is 0 Å². The molecule has 3 N–H and O–H groups in total. The number of carbonyl (C=O) groups is 3. The highest BCUT2D eigenvalue weighted by Gasteiger charge is 2.17. The van der Waals surface area contributed by atoms with Gasteiger partial charge >= 0.3 is 0 Å². The SMILES string of the molecule is CC(=O)NC(CC(=O)Nc1ccc(NC(=O)c2ccco2)cc1)c1ccc(Cl)cc1. The minimum absolute atomic E-state index is 0.0538. The topological polar surface area (TPSA) is 100 Å². The van der Waals surface area contributed by atoms with Crippen LogP contribution in [0.15, 0.2) is 71.3 Å². The Morgan fingerprint density at radius 2 is 1.57 bits per heavy atom. The fourth-order valence-corrected chi connectivity index (χ4v) is 2.95. The molecule has 3 rings (SSSR count). The van der Waals surface area contributed by atoms with Crippen LogP contribution in [-0.4, -0.2) is 17.7 Å². The molecule has 3 amide bonds. The Balaban J connectivity index is 1.60. The molecule has 0 saturated heterocycles. The quantitative estimate of drug-likeness (QED) is 0.522. The van der Waals surface area contributed by atoms with Crippen molar-refractivity contribution in [1.82, 2.24) is 5.32 Å². The fourth-order valence-electron chi connectivity index (χ4n) is 2.83. The van der Waals surface area contributed by atoms with Gasteiger partial charge in [-0.1, -0.05) is 23.7 Å². The van der Waals surface area contributed by atoms with Crippen LogP contribution in [0.1, 0.15) is 35.5 Å². The second kappa shape index (κ2) is 9.76. The molecule has 1 unspecified atom stereocenters. The molecule has 0 bridgehead atoms. The Kier molecular flexibility index (Phi) is 6.87. The maximum absolute atomic E-state index is 12.5. The average molecular weight is 426 g/mol. The molecular weight excluding hydrogens is 406 g/mol. The van der Waals surface area contributed by atoms with Gasteiger partial charge in [0.2, 0.25) is 11.8 Å². The summed E-state index contributed by atoms with van der Waals surface area (Å²) in [6.45, 7) is 1.40. The molecular formula is C22H20ClN3O4. The number of amides is 3. The fraction of sp³-hybridized carbons (Fsp3) is 0.136. The summed E-state index contributed by atoms with van der Waals surface area (Å²) in [7, 11) is 0. The van der Waals surface area contributed by atoms with Gasteiger partial charge in [-0.3, -0.25) is 14.4 Å². The first-order valence-corrected chi connectivity index (χ1v) is 9.56. The molecule has 1 atom stereocenters. The van der Waals surface area contributed by atoms with Crippen LogP contribution in [0.4, 0.5) is 11.4 Å². The van der Waals surface area contributed by atoms with Gasteiger partial charge in [0.1, 0.15) is 0 Å². The lowest BCUT2D eigenvalue weighted by atomic mass is 10.0. The highest BCUT2D eigenvalue weighted by Crippen LogP contribution is 2.21. The van der Waals surface area contributed by atoms with Gasteiger partial charge in [0, 0.05) is 23.3 Å². The van der Waals surface area contributed by atoms with E-state index in [-0.39, 0.29) is 29.9 Å².